The zero-order chi connectivity index (χ0) is 7.94. The average Bonchev–Trinajstić information content (AvgIpc) is 2.07. The summed E-state index contributed by atoms with van der Waals surface area (Å²) in [6.45, 7) is 2.94. The molecule has 1 aliphatic rings. The van der Waals surface area contributed by atoms with Crippen molar-refractivity contribution in [3.63, 3.8) is 0 Å². The largest absolute Gasteiger partial charge is 0.377 e. The van der Waals surface area contributed by atoms with E-state index >= 15 is 0 Å². The van der Waals surface area contributed by atoms with E-state index in [1.165, 1.54) is 19.3 Å². The molecule has 1 fully saturated rings. The third-order valence-electron chi connectivity index (χ3n) is 1.93. The molecule has 1 aliphatic heterocycles. The number of hydrogen-bond donors (Lipinski definition) is 2. The van der Waals surface area contributed by atoms with Crippen LogP contribution in [0.1, 0.15) is 19.3 Å². The highest BCUT2D eigenvalue weighted by molar-refractivity contribution is 7.80. The number of thiol groups is 1. The van der Waals surface area contributed by atoms with E-state index in [9.17, 15) is 0 Å². The lowest BCUT2D eigenvalue weighted by Crippen LogP contribution is -2.32. The van der Waals surface area contributed by atoms with Gasteiger partial charge < -0.3 is 10.1 Å². The Morgan fingerprint density at radius 3 is 3.00 bits per heavy atom. The van der Waals surface area contributed by atoms with E-state index in [0.717, 1.165) is 25.4 Å². The Kier molecular flexibility index (Phi) is 4.99. The smallest absolute Gasteiger partial charge is 0.0699 e. The van der Waals surface area contributed by atoms with Crippen LogP contribution in [-0.2, 0) is 4.74 Å². The third-order valence-corrected chi connectivity index (χ3v) is 2.16. The van der Waals surface area contributed by atoms with Crippen molar-refractivity contribution in [2.75, 3.05) is 25.4 Å². The summed E-state index contributed by atoms with van der Waals surface area (Å²) in [6.07, 6.45) is 4.25. The van der Waals surface area contributed by atoms with Crippen LogP contribution in [0, 0.1) is 0 Å². The summed E-state index contributed by atoms with van der Waals surface area (Å²) >= 11 is 4.12. The van der Waals surface area contributed by atoms with Crippen LogP contribution in [0.2, 0.25) is 0 Å². The molecular formula is C8H17NOS. The molecule has 1 atom stereocenters. The summed E-state index contributed by atoms with van der Waals surface area (Å²) in [7, 11) is 0. The lowest BCUT2D eigenvalue weighted by Gasteiger charge is -2.22. The fraction of sp³-hybridized carbons (Fsp3) is 1.00. The van der Waals surface area contributed by atoms with Gasteiger partial charge >= 0.3 is 0 Å². The molecule has 1 saturated heterocycles. The number of nitrogens with one attached hydrogen (secondary N) is 1. The minimum absolute atomic E-state index is 0.462. The highest BCUT2D eigenvalue weighted by atomic mass is 32.1. The summed E-state index contributed by atoms with van der Waals surface area (Å²) < 4.78 is 5.54. The van der Waals surface area contributed by atoms with E-state index in [1.54, 1.807) is 0 Å². The Morgan fingerprint density at radius 1 is 1.45 bits per heavy atom. The lowest BCUT2D eigenvalue weighted by atomic mass is 10.1. The second kappa shape index (κ2) is 5.86. The van der Waals surface area contributed by atoms with Crippen molar-refractivity contribution >= 4 is 12.6 Å². The molecule has 0 saturated carbocycles. The summed E-state index contributed by atoms with van der Waals surface area (Å²) in [5.41, 5.74) is 0. The molecule has 0 aromatic heterocycles. The zero-order valence-corrected chi connectivity index (χ0v) is 7.78. The van der Waals surface area contributed by atoms with Crippen molar-refractivity contribution in [1.29, 1.82) is 0 Å². The molecule has 1 rings (SSSR count). The Morgan fingerprint density at radius 2 is 2.36 bits per heavy atom. The molecule has 0 amide bonds. The fourth-order valence-corrected chi connectivity index (χ4v) is 1.47. The van der Waals surface area contributed by atoms with Gasteiger partial charge in [-0.2, -0.15) is 12.6 Å². The predicted molar refractivity (Wildman–Crippen MR) is 50.3 cm³/mol. The second-order valence-corrected chi connectivity index (χ2v) is 3.36. The van der Waals surface area contributed by atoms with Crippen molar-refractivity contribution in [3.8, 4) is 0 Å². The Hall–Kier alpha value is 0.270. The van der Waals surface area contributed by atoms with Crippen molar-refractivity contribution in [3.05, 3.63) is 0 Å². The molecule has 0 spiro atoms. The van der Waals surface area contributed by atoms with Gasteiger partial charge in [-0.05, 0) is 19.3 Å². The van der Waals surface area contributed by atoms with Crippen LogP contribution in [0.4, 0.5) is 0 Å². The van der Waals surface area contributed by atoms with E-state index < -0.39 is 0 Å². The fourth-order valence-electron chi connectivity index (χ4n) is 1.31. The average molecular weight is 175 g/mol. The quantitative estimate of drug-likeness (QED) is 0.493. The minimum Gasteiger partial charge on any atom is -0.377 e. The third kappa shape index (κ3) is 3.99. The number of ether oxygens (including phenoxy) is 1. The van der Waals surface area contributed by atoms with Crippen LogP contribution in [-0.4, -0.2) is 31.6 Å². The molecule has 0 radical (unpaired) electrons. The molecule has 1 N–H and O–H groups in total. The predicted octanol–water partition coefficient (Wildman–Crippen LogP) is 1.07. The Labute approximate surface area is 74.1 Å². The first-order chi connectivity index (χ1) is 5.43. The molecule has 1 unspecified atom stereocenters. The van der Waals surface area contributed by atoms with Crippen molar-refractivity contribution in [1.82, 2.24) is 5.32 Å². The van der Waals surface area contributed by atoms with Gasteiger partial charge in [0.05, 0.1) is 6.10 Å². The van der Waals surface area contributed by atoms with Crippen molar-refractivity contribution in [2.45, 2.75) is 25.4 Å². The van der Waals surface area contributed by atoms with Crippen molar-refractivity contribution in [2.24, 2.45) is 0 Å². The number of rotatable bonds is 4. The maximum absolute atomic E-state index is 5.54. The first kappa shape index (κ1) is 9.36. The van der Waals surface area contributed by atoms with Crippen LogP contribution < -0.4 is 5.32 Å². The molecule has 2 nitrogen and oxygen atoms in total. The molecular weight excluding hydrogens is 158 g/mol. The van der Waals surface area contributed by atoms with Gasteiger partial charge in [0, 0.05) is 25.4 Å². The first-order valence-electron chi connectivity index (χ1n) is 4.36. The van der Waals surface area contributed by atoms with Gasteiger partial charge in [0.1, 0.15) is 0 Å². The maximum Gasteiger partial charge on any atom is 0.0699 e. The summed E-state index contributed by atoms with van der Waals surface area (Å²) in [6, 6.07) is 0. The molecule has 3 heteroatoms. The standard InChI is InChI=1S/C8H17NOS/c11-6-4-9-7-8-3-1-2-5-10-8/h8-9,11H,1-7H2. The van der Waals surface area contributed by atoms with Crippen LogP contribution in [0.15, 0.2) is 0 Å². The van der Waals surface area contributed by atoms with Gasteiger partial charge in [-0.25, -0.2) is 0 Å². The van der Waals surface area contributed by atoms with E-state index in [1.807, 2.05) is 0 Å². The van der Waals surface area contributed by atoms with Gasteiger partial charge in [-0.1, -0.05) is 0 Å². The van der Waals surface area contributed by atoms with Gasteiger partial charge in [-0.15, -0.1) is 0 Å². The highest BCUT2D eigenvalue weighted by Gasteiger charge is 2.12. The Balaban J connectivity index is 1.96. The monoisotopic (exact) mass is 175 g/mol. The second-order valence-electron chi connectivity index (χ2n) is 2.92. The van der Waals surface area contributed by atoms with Gasteiger partial charge in [0.15, 0.2) is 0 Å². The van der Waals surface area contributed by atoms with Gasteiger partial charge in [0.2, 0.25) is 0 Å². The maximum atomic E-state index is 5.54. The molecule has 0 aromatic carbocycles. The van der Waals surface area contributed by atoms with E-state index in [2.05, 4.69) is 17.9 Å². The lowest BCUT2D eigenvalue weighted by molar-refractivity contribution is 0.0173. The van der Waals surface area contributed by atoms with Gasteiger partial charge in [-0.3, -0.25) is 0 Å². The summed E-state index contributed by atoms with van der Waals surface area (Å²) in [5, 5.41) is 3.30. The normalized spacial score (nSPS) is 25.4. The SMILES string of the molecule is SCCNCC1CCCCO1. The Bertz CT molecular complexity index is 94.1. The van der Waals surface area contributed by atoms with Crippen LogP contribution >= 0.6 is 12.6 Å². The highest BCUT2D eigenvalue weighted by Crippen LogP contribution is 2.11. The van der Waals surface area contributed by atoms with E-state index in [-0.39, 0.29) is 0 Å². The molecule has 11 heavy (non-hydrogen) atoms. The van der Waals surface area contributed by atoms with E-state index in [0.29, 0.717) is 6.10 Å². The minimum atomic E-state index is 0.462. The van der Waals surface area contributed by atoms with E-state index in [4.69, 9.17) is 4.74 Å². The molecule has 66 valence electrons. The number of hydrogen-bond acceptors (Lipinski definition) is 3. The molecule has 0 aliphatic carbocycles. The topological polar surface area (TPSA) is 21.3 Å². The summed E-state index contributed by atoms with van der Waals surface area (Å²) in [5.74, 6) is 0.909. The molecule has 0 aromatic rings. The van der Waals surface area contributed by atoms with Crippen molar-refractivity contribution < 1.29 is 4.74 Å². The summed E-state index contributed by atoms with van der Waals surface area (Å²) in [4.78, 5) is 0. The van der Waals surface area contributed by atoms with Crippen LogP contribution in [0.3, 0.4) is 0 Å². The zero-order valence-electron chi connectivity index (χ0n) is 6.88. The molecule has 0 bridgehead atoms. The van der Waals surface area contributed by atoms with Gasteiger partial charge in [0.25, 0.3) is 0 Å². The van der Waals surface area contributed by atoms with Crippen LogP contribution in [0.5, 0.6) is 0 Å². The first-order valence-corrected chi connectivity index (χ1v) is 5.00. The van der Waals surface area contributed by atoms with Crippen LogP contribution in [0.25, 0.3) is 0 Å². The molecule has 1 heterocycles.